The van der Waals surface area contributed by atoms with Crippen molar-refractivity contribution in [3.8, 4) is 55.6 Å². The molecule has 61 heavy (non-hydrogen) atoms. The second-order valence-corrected chi connectivity index (χ2v) is 19.2. The molecule has 0 unspecified atom stereocenters. The first-order chi connectivity index (χ1) is 29.7. The third-order valence-corrected chi connectivity index (χ3v) is 15.3. The van der Waals surface area contributed by atoms with Crippen molar-refractivity contribution in [1.29, 1.82) is 0 Å². The summed E-state index contributed by atoms with van der Waals surface area (Å²) < 4.78 is 0. The molecule has 0 aliphatic heterocycles. The molecule has 1 saturated carbocycles. The molecule has 0 saturated heterocycles. The predicted octanol–water partition coefficient (Wildman–Crippen LogP) is 16.3. The number of fused-ring (bicyclic) bond motifs is 11. The molecule has 0 radical (unpaired) electrons. The van der Waals surface area contributed by atoms with Gasteiger partial charge >= 0.3 is 0 Å². The van der Waals surface area contributed by atoms with Crippen LogP contribution >= 0.6 is 0 Å². The van der Waals surface area contributed by atoms with Crippen LogP contribution in [0.1, 0.15) is 93.2 Å². The van der Waals surface area contributed by atoms with Gasteiger partial charge in [-0.15, -0.1) is 0 Å². The normalized spacial score (nSPS) is 16.6. The van der Waals surface area contributed by atoms with Crippen LogP contribution in [0.5, 0.6) is 0 Å². The molecule has 0 heterocycles. The average molecular weight is 786 g/mol. The van der Waals surface area contributed by atoms with Crippen LogP contribution in [-0.4, -0.2) is 0 Å². The fraction of sp³-hybridized carbons (Fsp3) is 0.200. The van der Waals surface area contributed by atoms with Crippen LogP contribution in [0.3, 0.4) is 0 Å². The topological polar surface area (TPSA) is 3.24 Å². The molecular weight excluding hydrogens is 735 g/mol. The molecule has 0 bridgehead atoms. The Kier molecular flexibility index (Phi) is 7.93. The Balaban J connectivity index is 0.997. The molecule has 8 aromatic rings. The average Bonchev–Trinajstić information content (AvgIpc) is 3.81. The smallest absolute Gasteiger partial charge is 0.0467 e. The van der Waals surface area contributed by atoms with Crippen LogP contribution in [0.15, 0.2) is 176 Å². The van der Waals surface area contributed by atoms with E-state index in [4.69, 9.17) is 0 Å². The molecular formula is C60H51N. The van der Waals surface area contributed by atoms with Crippen LogP contribution in [0, 0.1) is 0 Å². The number of benzene rings is 8. The zero-order valence-electron chi connectivity index (χ0n) is 35.7. The maximum absolute atomic E-state index is 2.56. The Morgan fingerprint density at radius 3 is 1.61 bits per heavy atom. The van der Waals surface area contributed by atoms with Crippen molar-refractivity contribution in [3.63, 3.8) is 0 Å². The van der Waals surface area contributed by atoms with Gasteiger partial charge in [0.2, 0.25) is 0 Å². The molecule has 296 valence electrons. The Morgan fingerprint density at radius 1 is 0.328 bits per heavy atom. The number of rotatable bonds is 5. The van der Waals surface area contributed by atoms with Gasteiger partial charge in [-0.05, 0) is 144 Å². The standard InChI is InChI=1S/C60H51N/c1-58(2)52-23-9-6-18-46(52)49-32-28-40(37-55(49)58)39-26-29-42(30-27-39)61(44-31-33-50-47-19-8-11-25-54(47)60(56(50)38-44)34-12-5-13-35-60)43-17-14-16-41(36-43)45-21-15-22-51-48-20-7-10-24-53(48)59(3,4)57(45)51/h6-11,14-33,36-38H,5,12-13,34-35H2,1-4H3. The van der Waals surface area contributed by atoms with Crippen LogP contribution in [0.2, 0.25) is 0 Å². The van der Waals surface area contributed by atoms with Gasteiger partial charge in [-0.1, -0.05) is 180 Å². The minimum atomic E-state index is -0.104. The fourth-order valence-electron chi connectivity index (χ4n) is 12.3. The van der Waals surface area contributed by atoms with Crippen LogP contribution in [-0.2, 0) is 16.2 Å². The first-order valence-corrected chi connectivity index (χ1v) is 22.5. The molecule has 4 aliphatic rings. The van der Waals surface area contributed by atoms with E-state index in [1.807, 2.05) is 0 Å². The molecule has 4 aliphatic carbocycles. The second kappa shape index (κ2) is 13.3. The first-order valence-electron chi connectivity index (χ1n) is 22.5. The maximum Gasteiger partial charge on any atom is 0.0467 e. The highest BCUT2D eigenvalue weighted by Crippen LogP contribution is 2.58. The highest BCUT2D eigenvalue weighted by atomic mass is 15.1. The number of hydrogen-bond donors (Lipinski definition) is 0. The lowest BCUT2D eigenvalue weighted by molar-refractivity contribution is 0.353. The summed E-state index contributed by atoms with van der Waals surface area (Å²) in [6.07, 6.45) is 6.30. The summed E-state index contributed by atoms with van der Waals surface area (Å²) in [4.78, 5) is 2.51. The van der Waals surface area contributed by atoms with E-state index in [1.54, 1.807) is 0 Å². The van der Waals surface area contributed by atoms with E-state index in [1.165, 1.54) is 132 Å². The lowest BCUT2D eigenvalue weighted by Gasteiger charge is -2.36. The third kappa shape index (κ3) is 5.26. The molecule has 8 aromatic carbocycles. The van der Waals surface area contributed by atoms with E-state index in [0.29, 0.717) is 0 Å². The zero-order chi connectivity index (χ0) is 41.1. The molecule has 0 N–H and O–H groups in total. The Hall–Kier alpha value is -6.44. The lowest BCUT2D eigenvalue weighted by Crippen LogP contribution is -2.28. The van der Waals surface area contributed by atoms with Crippen LogP contribution in [0.4, 0.5) is 17.1 Å². The third-order valence-electron chi connectivity index (χ3n) is 15.3. The molecule has 0 amide bonds. The summed E-state index contributed by atoms with van der Waals surface area (Å²) >= 11 is 0. The van der Waals surface area contributed by atoms with E-state index in [9.17, 15) is 0 Å². The summed E-state index contributed by atoms with van der Waals surface area (Å²) in [5.74, 6) is 0. The van der Waals surface area contributed by atoms with Gasteiger partial charge in [0, 0.05) is 33.3 Å². The summed E-state index contributed by atoms with van der Waals surface area (Å²) in [6, 6.07) is 67.1. The van der Waals surface area contributed by atoms with Crippen LogP contribution in [0.25, 0.3) is 55.6 Å². The van der Waals surface area contributed by atoms with Gasteiger partial charge in [0.1, 0.15) is 0 Å². The molecule has 0 atom stereocenters. The van der Waals surface area contributed by atoms with Gasteiger partial charge in [0.05, 0.1) is 0 Å². The van der Waals surface area contributed by atoms with E-state index in [2.05, 4.69) is 209 Å². The maximum atomic E-state index is 2.56. The molecule has 1 spiro atoms. The number of hydrogen-bond acceptors (Lipinski definition) is 1. The Labute approximate surface area is 361 Å². The SMILES string of the molecule is CC1(C)c2ccccc2-c2ccc(-c3ccc(N(c4cccc(-c5cccc6c5C(C)(C)c5ccccc5-6)c4)c4ccc5c(c4)C4(CCCCC4)c4ccccc4-5)cc3)cc21. The van der Waals surface area contributed by atoms with Gasteiger partial charge in [0.25, 0.3) is 0 Å². The summed E-state index contributed by atoms with van der Waals surface area (Å²) in [6.45, 7) is 9.52. The van der Waals surface area contributed by atoms with Gasteiger partial charge in [-0.3, -0.25) is 0 Å². The first kappa shape index (κ1) is 36.4. The minimum Gasteiger partial charge on any atom is -0.310 e. The van der Waals surface area contributed by atoms with E-state index in [-0.39, 0.29) is 16.2 Å². The van der Waals surface area contributed by atoms with Crippen molar-refractivity contribution in [3.05, 3.63) is 209 Å². The van der Waals surface area contributed by atoms with E-state index < -0.39 is 0 Å². The molecule has 1 nitrogen and oxygen atoms in total. The van der Waals surface area contributed by atoms with Crippen molar-refractivity contribution in [1.82, 2.24) is 0 Å². The second-order valence-electron chi connectivity index (χ2n) is 19.2. The van der Waals surface area contributed by atoms with Crippen molar-refractivity contribution in [2.75, 3.05) is 4.90 Å². The Morgan fingerprint density at radius 2 is 0.852 bits per heavy atom. The van der Waals surface area contributed by atoms with Gasteiger partial charge in [0.15, 0.2) is 0 Å². The molecule has 1 fully saturated rings. The van der Waals surface area contributed by atoms with Crippen LogP contribution < -0.4 is 4.90 Å². The molecule has 1 heteroatoms. The van der Waals surface area contributed by atoms with E-state index >= 15 is 0 Å². The minimum absolute atomic E-state index is 0.0382. The van der Waals surface area contributed by atoms with Gasteiger partial charge in [-0.2, -0.15) is 0 Å². The van der Waals surface area contributed by atoms with Crippen molar-refractivity contribution < 1.29 is 0 Å². The van der Waals surface area contributed by atoms with Crippen molar-refractivity contribution in [2.24, 2.45) is 0 Å². The fourth-order valence-corrected chi connectivity index (χ4v) is 12.3. The Bertz CT molecular complexity index is 3060. The quantitative estimate of drug-likeness (QED) is 0.168. The highest BCUT2D eigenvalue weighted by molar-refractivity contribution is 5.91. The van der Waals surface area contributed by atoms with E-state index in [0.717, 1.165) is 5.69 Å². The van der Waals surface area contributed by atoms with Gasteiger partial charge in [-0.25, -0.2) is 0 Å². The zero-order valence-corrected chi connectivity index (χ0v) is 35.7. The summed E-state index contributed by atoms with van der Waals surface area (Å²) in [5.41, 5.74) is 25.5. The lowest BCUT2D eigenvalue weighted by atomic mass is 9.68. The molecule has 0 aromatic heterocycles. The largest absolute Gasteiger partial charge is 0.310 e. The number of nitrogens with zero attached hydrogens (tertiary/aromatic N) is 1. The van der Waals surface area contributed by atoms with Crippen molar-refractivity contribution in [2.45, 2.75) is 76.0 Å². The summed E-state index contributed by atoms with van der Waals surface area (Å²) in [7, 11) is 0. The number of anilines is 3. The predicted molar refractivity (Wildman–Crippen MR) is 256 cm³/mol. The van der Waals surface area contributed by atoms with Crippen molar-refractivity contribution >= 4 is 17.1 Å². The summed E-state index contributed by atoms with van der Waals surface area (Å²) in [5, 5.41) is 0. The highest BCUT2D eigenvalue weighted by Gasteiger charge is 2.44. The monoisotopic (exact) mass is 785 g/mol. The van der Waals surface area contributed by atoms with Gasteiger partial charge < -0.3 is 4.90 Å². The molecule has 12 rings (SSSR count).